The van der Waals surface area contributed by atoms with Gasteiger partial charge in [0.2, 0.25) is 6.04 Å². The van der Waals surface area contributed by atoms with E-state index in [1.807, 2.05) is 18.2 Å². The molecule has 1 atom stereocenters. The van der Waals surface area contributed by atoms with E-state index >= 15 is 0 Å². The van der Waals surface area contributed by atoms with Crippen molar-refractivity contribution in [1.29, 1.82) is 0 Å². The minimum Gasteiger partial charge on any atom is -1.00 e. The molecule has 1 heterocycles. The molecule has 1 amide bonds. The first-order valence-electron chi connectivity index (χ1n) is 6.53. The number of amides is 1. The second-order valence-corrected chi connectivity index (χ2v) is 5.20. The van der Waals surface area contributed by atoms with Crippen molar-refractivity contribution in [2.45, 2.75) is 6.04 Å². The largest absolute Gasteiger partial charge is 1.00 e. The third-order valence-corrected chi connectivity index (χ3v) is 3.52. The fourth-order valence-corrected chi connectivity index (χ4v) is 2.45. The molecule has 3 rings (SSSR count). The SMILES string of the molecule is O=C(O)C1N=C(c2ccccc2)c2cc(Cl)ccc2NC1=O.[Au].[H-].[K+].[K+].[OH-]. The van der Waals surface area contributed by atoms with Crippen LogP contribution in [0.25, 0.3) is 0 Å². The Morgan fingerprint density at radius 1 is 1.15 bits per heavy atom. The summed E-state index contributed by atoms with van der Waals surface area (Å²) in [5.41, 5.74) is 2.22. The second kappa shape index (κ2) is 13.5. The van der Waals surface area contributed by atoms with Crippen LogP contribution < -0.4 is 108 Å². The molecule has 1 aliphatic rings. The van der Waals surface area contributed by atoms with Gasteiger partial charge in [0.15, 0.2) is 0 Å². The van der Waals surface area contributed by atoms with Crippen molar-refractivity contribution in [1.82, 2.24) is 0 Å². The minimum absolute atomic E-state index is 0. The van der Waals surface area contributed by atoms with Crippen molar-refractivity contribution in [3.8, 4) is 0 Å². The molecular formula is C16H13AuClK2N2O4. The predicted octanol–water partition coefficient (Wildman–Crippen LogP) is -3.48. The van der Waals surface area contributed by atoms with Gasteiger partial charge in [-0.3, -0.25) is 9.79 Å². The molecule has 1 radical (unpaired) electrons. The van der Waals surface area contributed by atoms with E-state index in [0.717, 1.165) is 0 Å². The smallest absolute Gasteiger partial charge is 1.00 e. The van der Waals surface area contributed by atoms with Crippen LogP contribution in [-0.2, 0) is 32.0 Å². The summed E-state index contributed by atoms with van der Waals surface area (Å²) >= 11 is 6.03. The van der Waals surface area contributed by atoms with Crippen LogP contribution in [-0.4, -0.2) is 34.2 Å². The number of aliphatic carboxylic acids is 1. The number of benzene rings is 2. The number of nitrogens with zero attached hydrogens (tertiary/aromatic N) is 1. The standard InChI is InChI=1S/C16H11ClN2O3.Au.2K.H2O.H/c17-10-6-7-12-11(8-10)13(9-4-2-1-3-5-9)19-14(16(21)22)15(20)18-12;;;;;/h1-8,14H,(H,18,20)(H,21,22);;;;1H2;/q;;2*+1;;-1/p-1. The number of hydrogen-bond donors (Lipinski definition) is 2. The van der Waals surface area contributed by atoms with Crippen LogP contribution in [0, 0.1) is 0 Å². The number of nitrogens with one attached hydrogen (secondary N) is 1. The number of benzodiazepines with no additional fused rings is 1. The van der Waals surface area contributed by atoms with Gasteiger partial charge in [0.05, 0.1) is 11.4 Å². The number of carbonyl (C=O) groups excluding carboxylic acids is 1. The second-order valence-electron chi connectivity index (χ2n) is 4.76. The summed E-state index contributed by atoms with van der Waals surface area (Å²) in [6.45, 7) is 0. The maximum atomic E-state index is 12.0. The van der Waals surface area contributed by atoms with E-state index in [1.54, 1.807) is 30.3 Å². The molecule has 2 aromatic rings. The van der Waals surface area contributed by atoms with E-state index in [-0.39, 0.29) is 132 Å². The molecule has 0 saturated heterocycles. The Bertz CT molecular complexity index is 812. The quantitative estimate of drug-likeness (QED) is 0.273. The van der Waals surface area contributed by atoms with Crippen LogP contribution in [0.5, 0.6) is 0 Å². The molecule has 3 N–H and O–H groups in total. The number of anilines is 1. The van der Waals surface area contributed by atoms with E-state index < -0.39 is 17.9 Å². The number of carboxylic acid groups (broad SMARTS) is 1. The first kappa shape index (κ1) is 29.5. The van der Waals surface area contributed by atoms with Gasteiger partial charge in [0.1, 0.15) is 0 Å². The Morgan fingerprint density at radius 3 is 2.35 bits per heavy atom. The van der Waals surface area contributed by atoms with Crippen molar-refractivity contribution in [2.24, 2.45) is 4.99 Å². The molecule has 0 fully saturated rings. The van der Waals surface area contributed by atoms with Gasteiger partial charge in [-0.1, -0.05) is 41.9 Å². The number of rotatable bonds is 2. The van der Waals surface area contributed by atoms with Crippen molar-refractivity contribution >= 4 is 34.9 Å². The fraction of sp³-hybridized carbons (Fsp3) is 0.0625. The van der Waals surface area contributed by atoms with E-state index in [2.05, 4.69) is 10.3 Å². The molecule has 0 aliphatic carbocycles. The summed E-state index contributed by atoms with van der Waals surface area (Å²) in [6, 6.07) is 12.5. The molecule has 131 valence electrons. The van der Waals surface area contributed by atoms with Crippen molar-refractivity contribution in [2.75, 3.05) is 5.32 Å². The van der Waals surface area contributed by atoms with Crippen LogP contribution in [0.2, 0.25) is 5.02 Å². The van der Waals surface area contributed by atoms with Crippen molar-refractivity contribution in [3.63, 3.8) is 0 Å². The van der Waals surface area contributed by atoms with Crippen LogP contribution in [0.3, 0.4) is 0 Å². The van der Waals surface area contributed by atoms with Crippen LogP contribution in [0.4, 0.5) is 5.69 Å². The first-order chi connectivity index (χ1) is 10.6. The number of carboxylic acids is 1. The zero-order valence-corrected chi connectivity index (χ0v) is 23.2. The van der Waals surface area contributed by atoms with Crippen LogP contribution in [0.1, 0.15) is 12.6 Å². The Balaban J connectivity index is -0.00000115. The van der Waals surface area contributed by atoms with Gasteiger partial charge in [-0.25, -0.2) is 4.79 Å². The van der Waals surface area contributed by atoms with Crippen LogP contribution >= 0.6 is 11.6 Å². The molecule has 0 spiro atoms. The molecule has 2 aromatic carbocycles. The number of aliphatic imine (C=N–C) groups is 1. The van der Waals surface area contributed by atoms with Crippen LogP contribution in [0.15, 0.2) is 53.5 Å². The Morgan fingerprint density at radius 2 is 1.77 bits per heavy atom. The summed E-state index contributed by atoms with van der Waals surface area (Å²) in [6.07, 6.45) is 0. The number of carbonyl (C=O) groups is 2. The van der Waals surface area contributed by atoms with E-state index in [4.69, 9.17) is 11.6 Å². The fourth-order valence-electron chi connectivity index (χ4n) is 2.27. The molecule has 0 saturated carbocycles. The van der Waals surface area contributed by atoms with E-state index in [0.29, 0.717) is 27.5 Å². The molecule has 1 unspecified atom stereocenters. The predicted molar refractivity (Wildman–Crippen MR) is 86.6 cm³/mol. The van der Waals surface area contributed by atoms with Crippen molar-refractivity contribution < 1.29 is 147 Å². The molecule has 1 aliphatic heterocycles. The van der Waals surface area contributed by atoms with Gasteiger partial charge in [0.25, 0.3) is 5.91 Å². The third kappa shape index (κ3) is 6.98. The average molecular weight is 608 g/mol. The Labute approximate surface area is 257 Å². The molecule has 10 heteroatoms. The molecule has 0 aromatic heterocycles. The van der Waals surface area contributed by atoms with Gasteiger partial charge < -0.3 is 17.3 Å². The van der Waals surface area contributed by atoms with Crippen molar-refractivity contribution in [3.05, 3.63) is 64.7 Å². The van der Waals surface area contributed by atoms with Gasteiger partial charge in [-0.2, -0.15) is 0 Å². The van der Waals surface area contributed by atoms with E-state index in [1.165, 1.54) is 0 Å². The summed E-state index contributed by atoms with van der Waals surface area (Å²) in [4.78, 5) is 27.5. The monoisotopic (exact) mass is 607 g/mol. The average Bonchev–Trinajstić information content (AvgIpc) is 2.64. The molecular weight excluding hydrogens is 595 g/mol. The number of halogens is 1. The summed E-state index contributed by atoms with van der Waals surface area (Å²) in [7, 11) is 0. The summed E-state index contributed by atoms with van der Waals surface area (Å²) < 4.78 is 0. The normalized spacial score (nSPS) is 14.4. The number of hydrogen-bond acceptors (Lipinski definition) is 4. The Kier molecular flexibility index (Phi) is 15.3. The Hall–Kier alpha value is 1.31. The zero-order chi connectivity index (χ0) is 15.7. The summed E-state index contributed by atoms with van der Waals surface area (Å²) in [5.74, 6) is -1.98. The van der Waals surface area contributed by atoms with Gasteiger partial charge in [-0.05, 0) is 18.2 Å². The van der Waals surface area contributed by atoms with Gasteiger partial charge in [-0.15, -0.1) is 0 Å². The van der Waals surface area contributed by atoms with E-state index in [9.17, 15) is 14.7 Å². The zero-order valence-electron chi connectivity index (χ0n) is 15.0. The molecule has 26 heavy (non-hydrogen) atoms. The summed E-state index contributed by atoms with van der Waals surface area (Å²) in [5, 5.41) is 12.3. The van der Waals surface area contributed by atoms with Gasteiger partial charge >= 0.3 is 109 Å². The first-order valence-corrected chi connectivity index (χ1v) is 6.91. The number of fused-ring (bicyclic) bond motifs is 1. The molecule has 6 nitrogen and oxygen atoms in total. The maximum absolute atomic E-state index is 12.0. The minimum atomic E-state index is -1.50. The topological polar surface area (TPSA) is 109 Å². The molecule has 0 bridgehead atoms. The third-order valence-electron chi connectivity index (χ3n) is 3.28. The van der Waals surface area contributed by atoms with Gasteiger partial charge in [0, 0.05) is 38.5 Å². The maximum Gasteiger partial charge on any atom is 1.00 e.